The van der Waals surface area contributed by atoms with Crippen molar-refractivity contribution < 1.29 is 13.2 Å². The first-order valence-corrected chi connectivity index (χ1v) is 8.05. The van der Waals surface area contributed by atoms with Gasteiger partial charge in [-0.2, -0.15) is 0 Å². The van der Waals surface area contributed by atoms with Crippen LogP contribution in [0.4, 0.5) is 0 Å². The van der Waals surface area contributed by atoms with E-state index in [1.54, 1.807) is 6.92 Å². The van der Waals surface area contributed by atoms with Crippen molar-refractivity contribution in [3.63, 3.8) is 0 Å². The van der Waals surface area contributed by atoms with Crippen LogP contribution in [0.15, 0.2) is 0 Å². The molecule has 6 nitrogen and oxygen atoms in total. The fraction of sp³-hybridized carbons (Fsp3) is 0.909. The summed E-state index contributed by atoms with van der Waals surface area (Å²) in [5.74, 6) is -0.0145. The SMILES string of the molecule is CC[C@H](N)C(=O)NC1CCN(S(=O)(=O)CC)CC1.Cl. The van der Waals surface area contributed by atoms with Gasteiger partial charge in [-0.1, -0.05) is 6.92 Å². The second-order valence-corrected chi connectivity index (χ2v) is 6.85. The molecule has 1 heterocycles. The molecule has 3 N–H and O–H groups in total. The van der Waals surface area contributed by atoms with Gasteiger partial charge >= 0.3 is 0 Å². The van der Waals surface area contributed by atoms with E-state index in [1.807, 2.05) is 6.92 Å². The van der Waals surface area contributed by atoms with Gasteiger partial charge in [0, 0.05) is 19.1 Å². The summed E-state index contributed by atoms with van der Waals surface area (Å²) in [5, 5.41) is 2.87. The van der Waals surface area contributed by atoms with E-state index in [-0.39, 0.29) is 30.1 Å². The lowest BCUT2D eigenvalue weighted by atomic mass is 10.1. The zero-order valence-electron chi connectivity index (χ0n) is 11.5. The predicted octanol–water partition coefficient (Wildman–Crippen LogP) is 0.0758. The van der Waals surface area contributed by atoms with Gasteiger partial charge in [0.1, 0.15) is 0 Å². The minimum Gasteiger partial charge on any atom is -0.352 e. The van der Waals surface area contributed by atoms with E-state index in [0.717, 1.165) is 0 Å². The van der Waals surface area contributed by atoms with E-state index in [9.17, 15) is 13.2 Å². The Bertz CT molecular complexity index is 381. The van der Waals surface area contributed by atoms with Crippen molar-refractivity contribution in [1.29, 1.82) is 0 Å². The molecule has 1 fully saturated rings. The second-order valence-electron chi connectivity index (χ2n) is 4.60. The number of rotatable bonds is 5. The lowest BCUT2D eigenvalue weighted by molar-refractivity contribution is -0.123. The highest BCUT2D eigenvalue weighted by atomic mass is 35.5. The largest absolute Gasteiger partial charge is 0.352 e. The molecular weight excluding hydrogens is 290 g/mol. The van der Waals surface area contributed by atoms with Gasteiger partial charge in [0.2, 0.25) is 15.9 Å². The summed E-state index contributed by atoms with van der Waals surface area (Å²) >= 11 is 0. The van der Waals surface area contributed by atoms with Crippen LogP contribution in [0.2, 0.25) is 0 Å². The summed E-state index contributed by atoms with van der Waals surface area (Å²) in [5.41, 5.74) is 5.63. The Labute approximate surface area is 121 Å². The number of nitrogens with zero attached hydrogens (tertiary/aromatic N) is 1. The summed E-state index contributed by atoms with van der Waals surface area (Å²) in [6.45, 7) is 4.45. The second kappa shape index (κ2) is 8.04. The van der Waals surface area contributed by atoms with Crippen molar-refractivity contribution in [3.05, 3.63) is 0 Å². The minimum atomic E-state index is -3.10. The van der Waals surface area contributed by atoms with Crippen molar-refractivity contribution in [2.45, 2.75) is 45.2 Å². The molecule has 1 atom stereocenters. The van der Waals surface area contributed by atoms with Gasteiger partial charge in [0.25, 0.3) is 0 Å². The predicted molar refractivity (Wildman–Crippen MR) is 77.7 cm³/mol. The molecule has 0 aromatic rings. The van der Waals surface area contributed by atoms with Gasteiger partial charge < -0.3 is 11.1 Å². The van der Waals surface area contributed by atoms with Crippen molar-refractivity contribution >= 4 is 28.3 Å². The smallest absolute Gasteiger partial charge is 0.237 e. The van der Waals surface area contributed by atoms with Gasteiger partial charge in [-0.05, 0) is 26.2 Å². The monoisotopic (exact) mass is 313 g/mol. The average molecular weight is 314 g/mol. The van der Waals surface area contributed by atoms with Crippen molar-refractivity contribution in [1.82, 2.24) is 9.62 Å². The zero-order valence-corrected chi connectivity index (χ0v) is 13.1. The number of sulfonamides is 1. The highest BCUT2D eigenvalue weighted by Gasteiger charge is 2.27. The lowest BCUT2D eigenvalue weighted by Crippen LogP contribution is -2.50. The van der Waals surface area contributed by atoms with Crippen LogP contribution >= 0.6 is 12.4 Å². The number of carbonyl (C=O) groups is 1. The standard InChI is InChI=1S/C11H23N3O3S.ClH/c1-3-10(12)11(15)13-9-5-7-14(8-6-9)18(16,17)4-2;/h9-10H,3-8,12H2,1-2H3,(H,13,15);1H/t10-;/m0./s1. The first kappa shape index (κ1) is 18.6. The van der Waals surface area contributed by atoms with E-state index >= 15 is 0 Å². The number of nitrogens with one attached hydrogen (secondary N) is 1. The maximum Gasteiger partial charge on any atom is 0.237 e. The number of nitrogens with two attached hydrogens (primary N) is 1. The Balaban J connectivity index is 0.00000324. The summed E-state index contributed by atoms with van der Waals surface area (Å²) in [6, 6.07) is -0.430. The zero-order chi connectivity index (χ0) is 13.8. The third-order valence-electron chi connectivity index (χ3n) is 3.34. The molecule has 1 aliphatic heterocycles. The number of piperidine rings is 1. The summed E-state index contributed by atoms with van der Waals surface area (Å²) < 4.78 is 24.8. The third-order valence-corrected chi connectivity index (χ3v) is 5.22. The first-order valence-electron chi connectivity index (χ1n) is 6.44. The van der Waals surface area contributed by atoms with Crippen LogP contribution in [0, 0.1) is 0 Å². The fourth-order valence-electron chi connectivity index (χ4n) is 1.95. The fourth-order valence-corrected chi connectivity index (χ4v) is 3.09. The Kier molecular flexibility index (Phi) is 7.88. The molecule has 0 spiro atoms. The normalized spacial score (nSPS) is 19.5. The molecule has 0 saturated carbocycles. The van der Waals surface area contributed by atoms with Crippen LogP contribution in [-0.4, -0.2) is 49.6 Å². The molecule has 0 aliphatic carbocycles. The van der Waals surface area contributed by atoms with Crippen LogP contribution in [0.3, 0.4) is 0 Å². The number of halogens is 1. The molecule has 0 bridgehead atoms. The van der Waals surface area contributed by atoms with Crippen LogP contribution in [0.5, 0.6) is 0 Å². The number of hydrogen-bond donors (Lipinski definition) is 2. The molecule has 0 unspecified atom stereocenters. The molecule has 1 aliphatic rings. The maximum atomic E-state index is 11.7. The molecular formula is C11H24ClN3O3S. The Hall–Kier alpha value is -0.370. The quantitative estimate of drug-likeness (QED) is 0.751. The number of carbonyl (C=O) groups excluding carboxylic acids is 1. The highest BCUT2D eigenvalue weighted by Crippen LogP contribution is 2.14. The van der Waals surface area contributed by atoms with Gasteiger partial charge in [0.05, 0.1) is 11.8 Å². The maximum absolute atomic E-state index is 11.7. The average Bonchev–Trinajstić information content (AvgIpc) is 2.38. The van der Waals surface area contributed by atoms with Gasteiger partial charge in [0.15, 0.2) is 0 Å². The van der Waals surface area contributed by atoms with Crippen LogP contribution < -0.4 is 11.1 Å². The molecule has 0 radical (unpaired) electrons. The van der Waals surface area contributed by atoms with Crippen molar-refractivity contribution in [2.75, 3.05) is 18.8 Å². The molecule has 114 valence electrons. The van der Waals surface area contributed by atoms with E-state index in [2.05, 4.69) is 5.32 Å². The van der Waals surface area contributed by atoms with Crippen LogP contribution in [0.25, 0.3) is 0 Å². The Morgan fingerprint density at radius 2 is 1.89 bits per heavy atom. The molecule has 1 saturated heterocycles. The van der Waals surface area contributed by atoms with Gasteiger partial charge in [-0.25, -0.2) is 12.7 Å². The van der Waals surface area contributed by atoms with Crippen LogP contribution in [0.1, 0.15) is 33.1 Å². The molecule has 1 amide bonds. The van der Waals surface area contributed by atoms with E-state index in [0.29, 0.717) is 32.4 Å². The Morgan fingerprint density at radius 1 is 1.37 bits per heavy atom. The van der Waals surface area contributed by atoms with Crippen molar-refractivity contribution in [2.24, 2.45) is 5.73 Å². The number of hydrogen-bond acceptors (Lipinski definition) is 4. The number of amides is 1. The Morgan fingerprint density at radius 3 is 2.32 bits per heavy atom. The van der Waals surface area contributed by atoms with E-state index < -0.39 is 16.1 Å². The van der Waals surface area contributed by atoms with Crippen LogP contribution in [-0.2, 0) is 14.8 Å². The van der Waals surface area contributed by atoms with E-state index in [1.165, 1.54) is 4.31 Å². The third kappa shape index (κ3) is 5.25. The molecule has 0 aromatic carbocycles. The molecule has 8 heteroatoms. The van der Waals surface area contributed by atoms with Crippen molar-refractivity contribution in [3.8, 4) is 0 Å². The molecule has 0 aromatic heterocycles. The lowest BCUT2D eigenvalue weighted by Gasteiger charge is -2.31. The summed E-state index contributed by atoms with van der Waals surface area (Å²) in [7, 11) is -3.10. The van der Waals surface area contributed by atoms with Gasteiger partial charge in [-0.3, -0.25) is 4.79 Å². The minimum absolute atomic E-state index is 0. The molecule has 1 rings (SSSR count). The summed E-state index contributed by atoms with van der Waals surface area (Å²) in [4.78, 5) is 11.6. The van der Waals surface area contributed by atoms with E-state index in [4.69, 9.17) is 5.73 Å². The molecule has 19 heavy (non-hydrogen) atoms. The topological polar surface area (TPSA) is 92.5 Å². The first-order chi connectivity index (χ1) is 8.40. The summed E-state index contributed by atoms with van der Waals surface area (Å²) in [6.07, 6.45) is 1.91. The highest BCUT2D eigenvalue weighted by molar-refractivity contribution is 7.89. The van der Waals surface area contributed by atoms with Gasteiger partial charge in [-0.15, -0.1) is 12.4 Å².